The number of carboxylic acids is 1. The summed E-state index contributed by atoms with van der Waals surface area (Å²) in [7, 11) is 0. The molecule has 0 aliphatic carbocycles. The van der Waals surface area contributed by atoms with Gasteiger partial charge in [-0.05, 0) is 53.5 Å². The van der Waals surface area contributed by atoms with Gasteiger partial charge in [0.2, 0.25) is 0 Å². The van der Waals surface area contributed by atoms with Gasteiger partial charge in [0, 0.05) is 11.1 Å². The quantitative estimate of drug-likeness (QED) is 0.763. The molecule has 0 bridgehead atoms. The minimum absolute atomic E-state index is 0.491. The number of benzene rings is 2. The van der Waals surface area contributed by atoms with Crippen LogP contribution in [-0.4, -0.2) is 11.1 Å². The molecule has 2 aromatic rings. The molecule has 0 amide bonds. The number of hydrogen-bond acceptors (Lipinski definition) is 1. The second-order valence-electron chi connectivity index (χ2n) is 4.44. The van der Waals surface area contributed by atoms with E-state index in [1.54, 1.807) is 24.3 Å². The van der Waals surface area contributed by atoms with E-state index in [2.05, 4.69) is 0 Å². The van der Waals surface area contributed by atoms with Crippen molar-refractivity contribution in [3.05, 3.63) is 74.2 Å². The Bertz CT molecular complexity index is 709. The summed E-state index contributed by atoms with van der Waals surface area (Å²) < 4.78 is 0. The van der Waals surface area contributed by atoms with E-state index in [-0.39, 0.29) is 0 Å². The molecular weight excluding hydrogens is 331 g/mol. The van der Waals surface area contributed by atoms with Gasteiger partial charge < -0.3 is 5.11 Å². The Morgan fingerprint density at radius 2 is 1.81 bits per heavy atom. The van der Waals surface area contributed by atoms with Crippen molar-refractivity contribution >= 4 is 46.8 Å². The van der Waals surface area contributed by atoms with Crippen LogP contribution in [0.3, 0.4) is 0 Å². The Morgan fingerprint density at radius 1 is 1.05 bits per heavy atom. The summed E-state index contributed by atoms with van der Waals surface area (Å²) in [5.74, 6) is -1.00. The van der Waals surface area contributed by atoms with Gasteiger partial charge in [-0.3, -0.25) is 0 Å². The minimum Gasteiger partial charge on any atom is -0.478 e. The van der Waals surface area contributed by atoms with Crippen molar-refractivity contribution in [3.63, 3.8) is 0 Å². The SMILES string of the molecule is O=C(O)/C=C/c1cc(Cl)ccc1Cc1ccc(Cl)c(Cl)c1. The molecule has 0 saturated carbocycles. The van der Waals surface area contributed by atoms with E-state index in [9.17, 15) is 4.79 Å². The second kappa shape index (κ2) is 6.99. The maximum atomic E-state index is 10.7. The Hall–Kier alpha value is -1.48. The van der Waals surface area contributed by atoms with Gasteiger partial charge in [-0.2, -0.15) is 0 Å². The zero-order valence-electron chi connectivity index (χ0n) is 10.8. The van der Waals surface area contributed by atoms with Crippen LogP contribution in [0, 0.1) is 0 Å². The van der Waals surface area contributed by atoms with E-state index in [4.69, 9.17) is 39.9 Å². The van der Waals surface area contributed by atoms with Crippen LogP contribution in [0.2, 0.25) is 15.1 Å². The number of carbonyl (C=O) groups is 1. The minimum atomic E-state index is -1.00. The Morgan fingerprint density at radius 3 is 2.48 bits per heavy atom. The highest BCUT2D eigenvalue weighted by molar-refractivity contribution is 6.42. The van der Waals surface area contributed by atoms with Crippen molar-refractivity contribution in [2.45, 2.75) is 6.42 Å². The van der Waals surface area contributed by atoms with E-state index in [1.165, 1.54) is 6.08 Å². The molecule has 1 N–H and O–H groups in total. The lowest BCUT2D eigenvalue weighted by Crippen LogP contribution is -1.93. The predicted octanol–water partition coefficient (Wildman–Crippen LogP) is 5.34. The van der Waals surface area contributed by atoms with Crippen LogP contribution >= 0.6 is 34.8 Å². The fourth-order valence-corrected chi connectivity index (χ4v) is 2.41. The lowest BCUT2D eigenvalue weighted by atomic mass is 9.99. The van der Waals surface area contributed by atoms with Gasteiger partial charge in [0.1, 0.15) is 0 Å². The molecule has 2 nitrogen and oxygen atoms in total. The van der Waals surface area contributed by atoms with E-state index >= 15 is 0 Å². The van der Waals surface area contributed by atoms with Crippen LogP contribution in [0.15, 0.2) is 42.5 Å². The first kappa shape index (κ1) is 15.9. The number of halogens is 3. The average molecular weight is 342 g/mol. The summed E-state index contributed by atoms with van der Waals surface area (Å²) in [5.41, 5.74) is 2.70. The molecule has 0 unspecified atom stereocenters. The maximum absolute atomic E-state index is 10.7. The first-order valence-electron chi connectivity index (χ1n) is 6.09. The van der Waals surface area contributed by atoms with Gasteiger partial charge in [0.25, 0.3) is 0 Å². The summed E-state index contributed by atoms with van der Waals surface area (Å²) in [6, 6.07) is 10.8. The molecule has 0 radical (unpaired) electrons. The summed E-state index contributed by atoms with van der Waals surface area (Å²) in [4.78, 5) is 10.7. The molecule has 21 heavy (non-hydrogen) atoms. The highest BCUT2D eigenvalue weighted by Crippen LogP contribution is 2.26. The molecule has 0 heterocycles. The van der Waals surface area contributed by atoms with Gasteiger partial charge >= 0.3 is 5.97 Å². The maximum Gasteiger partial charge on any atom is 0.328 e. The van der Waals surface area contributed by atoms with E-state index in [0.29, 0.717) is 21.5 Å². The third-order valence-corrected chi connectivity index (χ3v) is 3.87. The molecule has 0 aromatic heterocycles. The van der Waals surface area contributed by atoms with Gasteiger partial charge in [-0.25, -0.2) is 4.79 Å². The van der Waals surface area contributed by atoms with Crippen LogP contribution in [-0.2, 0) is 11.2 Å². The van der Waals surface area contributed by atoms with Crippen LogP contribution < -0.4 is 0 Å². The van der Waals surface area contributed by atoms with Crippen LogP contribution in [0.1, 0.15) is 16.7 Å². The summed E-state index contributed by atoms with van der Waals surface area (Å²) in [5, 5.41) is 10.3. The molecule has 108 valence electrons. The van der Waals surface area contributed by atoms with Crippen molar-refractivity contribution in [3.8, 4) is 0 Å². The Kier molecular flexibility index (Phi) is 5.29. The first-order valence-corrected chi connectivity index (χ1v) is 7.22. The Labute approximate surface area is 137 Å². The zero-order valence-corrected chi connectivity index (χ0v) is 13.1. The molecule has 0 saturated heterocycles. The zero-order chi connectivity index (χ0) is 15.4. The molecule has 0 aliphatic heterocycles. The number of aliphatic carboxylic acids is 1. The average Bonchev–Trinajstić information content (AvgIpc) is 2.43. The summed E-state index contributed by atoms with van der Waals surface area (Å²) in [6.07, 6.45) is 3.22. The molecule has 0 atom stereocenters. The number of hydrogen-bond donors (Lipinski definition) is 1. The monoisotopic (exact) mass is 340 g/mol. The van der Waals surface area contributed by atoms with Crippen LogP contribution in [0.4, 0.5) is 0 Å². The smallest absolute Gasteiger partial charge is 0.328 e. The number of carboxylic acid groups (broad SMARTS) is 1. The fourth-order valence-electron chi connectivity index (χ4n) is 1.91. The van der Waals surface area contributed by atoms with E-state index < -0.39 is 5.97 Å². The standard InChI is InChI=1S/C16H11Cl3O2/c17-13-4-2-11(12(9-13)3-6-16(20)21)7-10-1-5-14(18)15(19)8-10/h1-6,8-9H,7H2,(H,20,21)/b6-3+. The van der Waals surface area contributed by atoms with Crippen molar-refractivity contribution in [1.82, 2.24) is 0 Å². The normalized spacial score (nSPS) is 11.0. The van der Waals surface area contributed by atoms with Crippen molar-refractivity contribution in [2.75, 3.05) is 0 Å². The topological polar surface area (TPSA) is 37.3 Å². The van der Waals surface area contributed by atoms with E-state index in [1.807, 2.05) is 12.1 Å². The second-order valence-corrected chi connectivity index (χ2v) is 5.69. The van der Waals surface area contributed by atoms with E-state index in [0.717, 1.165) is 22.8 Å². The molecule has 2 rings (SSSR count). The Balaban J connectivity index is 2.34. The third kappa shape index (κ3) is 4.50. The third-order valence-electron chi connectivity index (χ3n) is 2.89. The van der Waals surface area contributed by atoms with Gasteiger partial charge in [0.15, 0.2) is 0 Å². The fraction of sp³-hybridized carbons (Fsp3) is 0.0625. The lowest BCUT2D eigenvalue weighted by Gasteiger charge is -2.08. The van der Waals surface area contributed by atoms with Gasteiger partial charge in [0.05, 0.1) is 10.0 Å². The van der Waals surface area contributed by atoms with Crippen molar-refractivity contribution in [1.29, 1.82) is 0 Å². The summed E-state index contributed by atoms with van der Waals surface area (Å²) in [6.45, 7) is 0. The van der Waals surface area contributed by atoms with Crippen LogP contribution in [0.5, 0.6) is 0 Å². The van der Waals surface area contributed by atoms with Crippen molar-refractivity contribution in [2.24, 2.45) is 0 Å². The van der Waals surface area contributed by atoms with Gasteiger partial charge in [-0.1, -0.05) is 46.9 Å². The summed E-state index contributed by atoms with van der Waals surface area (Å²) >= 11 is 17.9. The molecule has 0 fully saturated rings. The first-order chi connectivity index (χ1) is 9.95. The predicted molar refractivity (Wildman–Crippen MR) is 87.4 cm³/mol. The number of rotatable bonds is 4. The molecule has 5 heteroatoms. The highest BCUT2D eigenvalue weighted by Gasteiger charge is 2.05. The molecule has 0 aliphatic rings. The highest BCUT2D eigenvalue weighted by atomic mass is 35.5. The van der Waals surface area contributed by atoms with Crippen LogP contribution in [0.25, 0.3) is 6.08 Å². The molecule has 2 aromatic carbocycles. The molecule has 0 spiro atoms. The molecular formula is C16H11Cl3O2. The van der Waals surface area contributed by atoms with Gasteiger partial charge in [-0.15, -0.1) is 0 Å². The lowest BCUT2D eigenvalue weighted by molar-refractivity contribution is -0.131. The largest absolute Gasteiger partial charge is 0.478 e. The van der Waals surface area contributed by atoms with Crippen molar-refractivity contribution < 1.29 is 9.90 Å².